The molecule has 2 fully saturated rings. The number of ether oxygens (including phenoxy) is 4. The van der Waals surface area contributed by atoms with E-state index in [1.807, 2.05) is 13.8 Å². The van der Waals surface area contributed by atoms with Crippen LogP contribution in [0, 0.1) is 11.3 Å². The zero-order valence-electron chi connectivity index (χ0n) is 17.5. The van der Waals surface area contributed by atoms with Gasteiger partial charge >= 0.3 is 0 Å². The molecule has 0 aromatic carbocycles. The molecule has 0 aromatic heterocycles. The highest BCUT2D eigenvalue weighted by atomic mass is 28.3. The van der Waals surface area contributed by atoms with Crippen LogP contribution in [-0.4, -0.2) is 57.8 Å². The van der Waals surface area contributed by atoms with Gasteiger partial charge in [-0.1, -0.05) is 33.1 Å². The maximum Gasteiger partial charge on any atom is 0.163 e. The zero-order valence-corrected chi connectivity index (χ0v) is 18.5. The lowest BCUT2D eigenvalue weighted by Gasteiger charge is -2.46. The summed E-state index contributed by atoms with van der Waals surface area (Å²) in [6.07, 6.45) is 0.998. The van der Waals surface area contributed by atoms with E-state index in [-0.39, 0.29) is 17.4 Å². The van der Waals surface area contributed by atoms with Gasteiger partial charge in [0, 0.05) is 26.0 Å². The van der Waals surface area contributed by atoms with Crippen LogP contribution >= 0.6 is 0 Å². The van der Waals surface area contributed by atoms with E-state index in [2.05, 4.69) is 33.1 Å². The van der Waals surface area contributed by atoms with Crippen LogP contribution in [0.15, 0.2) is 12.2 Å². The van der Waals surface area contributed by atoms with Crippen molar-refractivity contribution in [1.29, 1.82) is 0 Å². The Hall–Kier alpha value is -0.243. The fraction of sp³-hybridized carbons (Fsp3) is 0.900. The van der Waals surface area contributed by atoms with Gasteiger partial charge in [0.25, 0.3) is 0 Å². The fourth-order valence-corrected chi connectivity index (χ4v) is 4.72. The second-order valence-corrected chi connectivity index (χ2v) is 15.4. The molecule has 0 bridgehead atoms. The normalized spacial score (nSPS) is 35.0. The topological polar surface area (TPSA) is 57.2 Å². The number of hydrogen-bond donors (Lipinski definition) is 1. The Morgan fingerprint density at radius 2 is 1.92 bits per heavy atom. The predicted molar refractivity (Wildman–Crippen MR) is 106 cm³/mol. The van der Waals surface area contributed by atoms with Crippen LogP contribution in [0.5, 0.6) is 0 Å². The van der Waals surface area contributed by atoms with Gasteiger partial charge in [-0.25, -0.2) is 0 Å². The highest BCUT2D eigenvalue weighted by Crippen LogP contribution is 2.48. The highest BCUT2D eigenvalue weighted by molar-refractivity contribution is 6.76. The van der Waals surface area contributed by atoms with Gasteiger partial charge in [-0.05, 0) is 38.3 Å². The molecular formula is C20H38O5Si. The molecule has 152 valence electrons. The van der Waals surface area contributed by atoms with Crippen molar-refractivity contribution in [3.8, 4) is 0 Å². The molecule has 0 amide bonds. The van der Waals surface area contributed by atoms with E-state index in [0.29, 0.717) is 26.4 Å². The summed E-state index contributed by atoms with van der Waals surface area (Å²) in [5, 5.41) is 10.3. The predicted octanol–water partition coefficient (Wildman–Crippen LogP) is 3.80. The van der Waals surface area contributed by atoms with E-state index >= 15 is 0 Å². The van der Waals surface area contributed by atoms with Crippen LogP contribution < -0.4 is 0 Å². The largest absolute Gasteiger partial charge is 0.389 e. The van der Waals surface area contributed by atoms with E-state index in [1.165, 1.54) is 0 Å². The fourth-order valence-electron chi connectivity index (χ4n) is 3.96. The van der Waals surface area contributed by atoms with Crippen molar-refractivity contribution in [3.63, 3.8) is 0 Å². The van der Waals surface area contributed by atoms with Gasteiger partial charge in [-0.2, -0.15) is 0 Å². The second-order valence-electron chi connectivity index (χ2n) is 9.81. The summed E-state index contributed by atoms with van der Waals surface area (Å²) in [4.78, 5) is 0. The lowest BCUT2D eigenvalue weighted by Crippen LogP contribution is -2.48. The van der Waals surface area contributed by atoms with Crippen molar-refractivity contribution in [1.82, 2.24) is 0 Å². The second kappa shape index (κ2) is 8.41. The van der Waals surface area contributed by atoms with Crippen molar-refractivity contribution in [2.75, 3.05) is 26.6 Å². The van der Waals surface area contributed by atoms with Crippen LogP contribution in [0.4, 0.5) is 0 Å². The minimum atomic E-state index is -1.07. The van der Waals surface area contributed by atoms with Crippen molar-refractivity contribution in [2.24, 2.45) is 11.3 Å². The van der Waals surface area contributed by atoms with E-state index < -0.39 is 20.0 Å². The van der Waals surface area contributed by atoms with Gasteiger partial charge in [-0.15, -0.1) is 0 Å². The number of rotatable bonds is 8. The first kappa shape index (κ1) is 22.1. The Bertz CT molecular complexity index is 487. The summed E-state index contributed by atoms with van der Waals surface area (Å²) < 4.78 is 23.4. The van der Waals surface area contributed by atoms with Gasteiger partial charge in [0.15, 0.2) is 5.79 Å². The quantitative estimate of drug-likeness (QED) is 0.298. The molecule has 4 atom stereocenters. The monoisotopic (exact) mass is 386 g/mol. The minimum absolute atomic E-state index is 0.00927. The Morgan fingerprint density at radius 3 is 2.50 bits per heavy atom. The average molecular weight is 387 g/mol. The molecule has 0 unspecified atom stereocenters. The molecule has 2 rings (SSSR count). The molecule has 1 saturated heterocycles. The van der Waals surface area contributed by atoms with Crippen LogP contribution in [0.3, 0.4) is 0 Å². The van der Waals surface area contributed by atoms with Crippen molar-refractivity contribution in [3.05, 3.63) is 12.2 Å². The minimum Gasteiger partial charge on any atom is -0.389 e. The molecule has 1 aliphatic heterocycles. The van der Waals surface area contributed by atoms with Gasteiger partial charge in [0.1, 0.15) is 6.79 Å². The number of hydrogen-bond acceptors (Lipinski definition) is 5. The summed E-state index contributed by atoms with van der Waals surface area (Å²) in [7, 11) is -1.07. The van der Waals surface area contributed by atoms with Crippen molar-refractivity contribution >= 4 is 8.07 Å². The summed E-state index contributed by atoms with van der Waals surface area (Å²) in [6, 6.07) is 1.14. The molecule has 1 heterocycles. The van der Waals surface area contributed by atoms with Crippen molar-refractivity contribution in [2.45, 2.75) is 77.3 Å². The molecule has 2 aliphatic rings. The van der Waals surface area contributed by atoms with Crippen LogP contribution in [0.25, 0.3) is 0 Å². The Morgan fingerprint density at radius 1 is 1.23 bits per heavy atom. The molecule has 6 heteroatoms. The van der Waals surface area contributed by atoms with Crippen LogP contribution in [0.1, 0.15) is 33.6 Å². The molecule has 1 saturated carbocycles. The number of aliphatic hydroxyl groups excluding tert-OH is 1. The van der Waals surface area contributed by atoms with Gasteiger partial charge in [0.2, 0.25) is 0 Å². The Kier molecular flexibility index (Phi) is 7.13. The standard InChI is InChI=1S/C20H38O5Si/c1-15-16(21)8-9-20(4,13-23-14-22-10-11-26(5,6)7)18(15)17-12-24-19(2,3)25-17/h16-18,21H,1,8-14H2,2-7H3/t16-,17-,18-,20-/m0/s1. The Labute approximate surface area is 160 Å². The molecule has 5 nitrogen and oxygen atoms in total. The molecule has 26 heavy (non-hydrogen) atoms. The summed E-state index contributed by atoms with van der Waals surface area (Å²) in [5.74, 6) is -0.579. The zero-order chi connectivity index (χ0) is 19.6. The smallest absolute Gasteiger partial charge is 0.163 e. The molecular weight excluding hydrogens is 348 g/mol. The first-order valence-electron chi connectivity index (χ1n) is 9.78. The summed E-state index contributed by atoms with van der Waals surface area (Å²) >= 11 is 0. The first-order chi connectivity index (χ1) is 11.9. The molecule has 1 N–H and O–H groups in total. The average Bonchev–Trinajstić information content (AvgIpc) is 2.86. The van der Waals surface area contributed by atoms with E-state index in [0.717, 1.165) is 24.6 Å². The molecule has 0 aromatic rings. The highest BCUT2D eigenvalue weighted by Gasteiger charge is 2.50. The number of aliphatic hydroxyl groups is 1. The third kappa shape index (κ3) is 5.88. The molecule has 0 radical (unpaired) electrons. The maximum atomic E-state index is 10.3. The Balaban J connectivity index is 1.92. The third-order valence-electron chi connectivity index (χ3n) is 5.56. The SMILES string of the molecule is C=C1[C@@H](O)CC[C@@](C)(COCOCC[Si](C)(C)C)[C@@H]1[C@@H]1COC(C)(C)O1. The summed E-state index contributed by atoms with van der Waals surface area (Å²) in [5.41, 5.74) is 0.695. The van der Waals surface area contributed by atoms with Crippen LogP contribution in [-0.2, 0) is 18.9 Å². The van der Waals surface area contributed by atoms with Crippen LogP contribution in [0.2, 0.25) is 25.7 Å². The molecule has 1 aliphatic carbocycles. The first-order valence-corrected chi connectivity index (χ1v) is 13.5. The van der Waals surface area contributed by atoms with Gasteiger partial charge < -0.3 is 24.1 Å². The lowest BCUT2D eigenvalue weighted by molar-refractivity contribution is -0.158. The van der Waals surface area contributed by atoms with Crippen molar-refractivity contribution < 1.29 is 24.1 Å². The molecule has 0 spiro atoms. The summed E-state index contributed by atoms with van der Waals surface area (Å²) in [6.45, 7) is 19.4. The third-order valence-corrected chi connectivity index (χ3v) is 7.27. The van der Waals surface area contributed by atoms with Gasteiger partial charge in [-0.3, -0.25) is 0 Å². The van der Waals surface area contributed by atoms with E-state index in [1.54, 1.807) is 0 Å². The lowest BCUT2D eigenvalue weighted by atomic mass is 9.63. The van der Waals surface area contributed by atoms with E-state index in [9.17, 15) is 5.11 Å². The van der Waals surface area contributed by atoms with Gasteiger partial charge in [0.05, 0.1) is 25.4 Å². The van der Waals surface area contributed by atoms with E-state index in [4.69, 9.17) is 18.9 Å². The maximum absolute atomic E-state index is 10.3.